The fourth-order valence-electron chi connectivity index (χ4n) is 2.82. The van der Waals surface area contributed by atoms with Crippen LogP contribution >= 0.6 is 57.6 Å². The van der Waals surface area contributed by atoms with Gasteiger partial charge < -0.3 is 5.32 Å². The topological polar surface area (TPSA) is 64.0 Å². The Morgan fingerprint density at radius 3 is 2.77 bits per heavy atom. The molecule has 0 aliphatic carbocycles. The standard InChI is InChI=1S/C20H15Cl2N3O2S3/c1-10(17(26)23-13-6-3-5-12(21)16(13)22)30-20-24-18-15(19(27)25(20)2)11(9-29-18)14-7-4-8-28-14/h3-10H,1-2H3,(H,23,26). The minimum Gasteiger partial charge on any atom is -0.324 e. The number of halogens is 2. The van der Waals surface area contributed by atoms with Crippen molar-refractivity contribution in [2.45, 2.75) is 17.3 Å². The van der Waals surface area contributed by atoms with E-state index in [0.29, 0.717) is 26.1 Å². The fraction of sp³-hybridized carbons (Fsp3) is 0.150. The summed E-state index contributed by atoms with van der Waals surface area (Å²) in [4.78, 5) is 32.0. The minimum absolute atomic E-state index is 0.127. The molecule has 0 bridgehead atoms. The zero-order chi connectivity index (χ0) is 21.4. The predicted molar refractivity (Wildman–Crippen MR) is 129 cm³/mol. The lowest BCUT2D eigenvalue weighted by molar-refractivity contribution is -0.115. The highest BCUT2D eigenvalue weighted by Crippen LogP contribution is 2.35. The van der Waals surface area contributed by atoms with Gasteiger partial charge >= 0.3 is 0 Å². The van der Waals surface area contributed by atoms with Gasteiger partial charge in [0.1, 0.15) is 4.83 Å². The van der Waals surface area contributed by atoms with E-state index in [1.54, 1.807) is 43.5 Å². The monoisotopic (exact) mass is 495 g/mol. The molecule has 1 N–H and O–H groups in total. The fourth-order valence-corrected chi connectivity index (χ4v) is 5.84. The quantitative estimate of drug-likeness (QED) is 0.266. The third kappa shape index (κ3) is 4.02. The Balaban J connectivity index is 1.61. The summed E-state index contributed by atoms with van der Waals surface area (Å²) in [5, 5.41) is 7.94. The molecule has 3 heterocycles. The smallest absolute Gasteiger partial charge is 0.263 e. The second-order valence-electron chi connectivity index (χ2n) is 6.42. The second-order valence-corrected chi connectivity index (χ2v) is 10.3. The molecule has 154 valence electrons. The van der Waals surface area contributed by atoms with Crippen molar-refractivity contribution in [1.82, 2.24) is 9.55 Å². The molecular formula is C20H15Cl2N3O2S3. The Morgan fingerprint density at radius 1 is 1.23 bits per heavy atom. The number of nitrogens with one attached hydrogen (secondary N) is 1. The maximum atomic E-state index is 13.0. The normalized spacial score (nSPS) is 12.3. The van der Waals surface area contributed by atoms with Crippen LogP contribution in [0.15, 0.2) is 51.0 Å². The van der Waals surface area contributed by atoms with Crippen molar-refractivity contribution in [1.29, 1.82) is 0 Å². The van der Waals surface area contributed by atoms with E-state index in [4.69, 9.17) is 23.2 Å². The summed E-state index contributed by atoms with van der Waals surface area (Å²) in [7, 11) is 1.67. The summed E-state index contributed by atoms with van der Waals surface area (Å²) in [5.41, 5.74) is 1.21. The van der Waals surface area contributed by atoms with E-state index in [2.05, 4.69) is 10.3 Å². The maximum absolute atomic E-state index is 13.0. The number of aromatic nitrogens is 2. The summed E-state index contributed by atoms with van der Waals surface area (Å²) in [6, 6.07) is 8.99. The molecule has 1 amide bonds. The van der Waals surface area contributed by atoms with Crippen molar-refractivity contribution in [3.63, 3.8) is 0 Å². The van der Waals surface area contributed by atoms with Crippen LogP contribution in [0.2, 0.25) is 10.0 Å². The number of anilines is 1. The van der Waals surface area contributed by atoms with E-state index in [1.807, 2.05) is 22.9 Å². The van der Waals surface area contributed by atoms with Crippen LogP contribution in [0, 0.1) is 0 Å². The maximum Gasteiger partial charge on any atom is 0.263 e. The van der Waals surface area contributed by atoms with Gasteiger partial charge in [0.25, 0.3) is 5.56 Å². The number of carbonyl (C=O) groups is 1. The number of thioether (sulfide) groups is 1. The van der Waals surface area contributed by atoms with Crippen LogP contribution in [0.25, 0.3) is 20.7 Å². The highest BCUT2D eigenvalue weighted by atomic mass is 35.5. The molecule has 10 heteroatoms. The second kappa shape index (κ2) is 8.72. The Hall–Kier alpha value is -1.84. The number of carbonyl (C=O) groups excluding carboxylic acids is 1. The van der Waals surface area contributed by atoms with Crippen LogP contribution in [-0.4, -0.2) is 20.7 Å². The van der Waals surface area contributed by atoms with Crippen LogP contribution < -0.4 is 10.9 Å². The Labute approximate surface area is 194 Å². The van der Waals surface area contributed by atoms with Gasteiger partial charge in [-0.15, -0.1) is 22.7 Å². The molecule has 1 atom stereocenters. The van der Waals surface area contributed by atoms with Gasteiger partial charge in [0, 0.05) is 22.9 Å². The molecule has 4 rings (SSSR count). The van der Waals surface area contributed by atoms with E-state index in [-0.39, 0.29) is 16.5 Å². The lowest BCUT2D eigenvalue weighted by atomic mass is 10.2. The van der Waals surface area contributed by atoms with Gasteiger partial charge in [0.15, 0.2) is 5.16 Å². The largest absolute Gasteiger partial charge is 0.324 e. The number of thiophene rings is 2. The Morgan fingerprint density at radius 2 is 2.03 bits per heavy atom. The number of rotatable bonds is 5. The number of hydrogen-bond donors (Lipinski definition) is 1. The zero-order valence-electron chi connectivity index (χ0n) is 15.8. The molecule has 30 heavy (non-hydrogen) atoms. The number of hydrogen-bond acceptors (Lipinski definition) is 6. The van der Waals surface area contributed by atoms with Gasteiger partial charge in [-0.25, -0.2) is 4.98 Å². The summed E-state index contributed by atoms with van der Waals surface area (Å²) < 4.78 is 1.49. The van der Waals surface area contributed by atoms with E-state index in [9.17, 15) is 9.59 Å². The van der Waals surface area contributed by atoms with Crippen LogP contribution in [0.1, 0.15) is 6.92 Å². The molecule has 4 aromatic rings. The Bertz CT molecular complexity index is 1300. The lowest BCUT2D eigenvalue weighted by Crippen LogP contribution is -2.25. The molecule has 0 radical (unpaired) electrons. The highest BCUT2D eigenvalue weighted by molar-refractivity contribution is 8.00. The van der Waals surface area contributed by atoms with Gasteiger partial charge in [0.2, 0.25) is 5.91 Å². The summed E-state index contributed by atoms with van der Waals surface area (Å²) in [6.45, 7) is 1.75. The molecule has 0 saturated carbocycles. The summed E-state index contributed by atoms with van der Waals surface area (Å²) in [6.07, 6.45) is 0. The Kier molecular flexibility index (Phi) is 6.22. The lowest BCUT2D eigenvalue weighted by Gasteiger charge is -2.14. The van der Waals surface area contributed by atoms with E-state index >= 15 is 0 Å². The SMILES string of the molecule is CC(Sc1nc2scc(-c3cccs3)c2c(=O)n1C)C(=O)Nc1cccc(Cl)c1Cl. The zero-order valence-corrected chi connectivity index (χ0v) is 19.8. The molecule has 0 saturated heterocycles. The van der Waals surface area contributed by atoms with Crippen LogP contribution in [0.4, 0.5) is 5.69 Å². The van der Waals surface area contributed by atoms with Crippen LogP contribution in [0.5, 0.6) is 0 Å². The first-order valence-electron chi connectivity index (χ1n) is 8.80. The predicted octanol–water partition coefficient (Wildman–Crippen LogP) is 6.15. The van der Waals surface area contributed by atoms with Crippen molar-refractivity contribution < 1.29 is 4.79 Å². The molecular weight excluding hydrogens is 481 g/mol. The van der Waals surface area contributed by atoms with E-state index < -0.39 is 5.25 Å². The molecule has 0 aliphatic heterocycles. The average Bonchev–Trinajstić information content (AvgIpc) is 3.38. The van der Waals surface area contributed by atoms with Gasteiger partial charge in [-0.2, -0.15) is 0 Å². The van der Waals surface area contributed by atoms with Crippen molar-refractivity contribution in [3.8, 4) is 10.4 Å². The number of nitrogens with zero attached hydrogens (tertiary/aromatic N) is 2. The number of benzene rings is 1. The highest BCUT2D eigenvalue weighted by Gasteiger charge is 2.21. The third-order valence-electron chi connectivity index (χ3n) is 4.42. The van der Waals surface area contributed by atoms with Crippen molar-refractivity contribution >= 4 is 79.4 Å². The van der Waals surface area contributed by atoms with Gasteiger partial charge in [0.05, 0.1) is 26.4 Å². The van der Waals surface area contributed by atoms with Gasteiger partial charge in [-0.3, -0.25) is 14.2 Å². The van der Waals surface area contributed by atoms with Crippen LogP contribution in [0.3, 0.4) is 0 Å². The van der Waals surface area contributed by atoms with Crippen molar-refractivity contribution in [2.24, 2.45) is 7.05 Å². The first-order valence-corrected chi connectivity index (χ1v) is 12.2. The molecule has 0 spiro atoms. The van der Waals surface area contributed by atoms with E-state index in [1.165, 1.54) is 27.7 Å². The summed E-state index contributed by atoms with van der Waals surface area (Å²) in [5.74, 6) is -0.260. The van der Waals surface area contributed by atoms with E-state index in [0.717, 1.165) is 10.4 Å². The number of amides is 1. The van der Waals surface area contributed by atoms with Gasteiger partial charge in [-0.1, -0.05) is 47.1 Å². The molecule has 0 aliphatic rings. The minimum atomic E-state index is -0.507. The molecule has 3 aromatic heterocycles. The van der Waals surface area contributed by atoms with Crippen molar-refractivity contribution in [3.05, 3.63) is 61.5 Å². The first kappa shape index (κ1) is 21.4. The average molecular weight is 496 g/mol. The van der Waals surface area contributed by atoms with Crippen molar-refractivity contribution in [2.75, 3.05) is 5.32 Å². The number of fused-ring (bicyclic) bond motifs is 1. The van der Waals surface area contributed by atoms with Gasteiger partial charge in [-0.05, 0) is 30.5 Å². The molecule has 0 fully saturated rings. The molecule has 1 aromatic carbocycles. The van der Waals surface area contributed by atoms with Crippen LogP contribution in [-0.2, 0) is 11.8 Å². The first-order chi connectivity index (χ1) is 14.4. The molecule has 1 unspecified atom stereocenters. The third-order valence-corrected chi connectivity index (χ3v) is 8.16. The summed E-state index contributed by atoms with van der Waals surface area (Å²) >= 11 is 16.4. The molecule has 5 nitrogen and oxygen atoms in total.